The first-order chi connectivity index (χ1) is 33.1. The van der Waals surface area contributed by atoms with Gasteiger partial charge in [0.2, 0.25) is 5.91 Å². The van der Waals surface area contributed by atoms with Crippen molar-refractivity contribution in [1.29, 1.82) is 0 Å². The smallest absolute Gasteiger partial charge is 0.416 e. The van der Waals surface area contributed by atoms with Crippen LogP contribution in [-0.2, 0) is 17.5 Å². The van der Waals surface area contributed by atoms with E-state index < -0.39 is 29.6 Å². The number of amides is 4. The van der Waals surface area contributed by atoms with Crippen LogP contribution >= 0.6 is 0 Å². The van der Waals surface area contributed by atoms with Crippen molar-refractivity contribution in [3.05, 3.63) is 148 Å². The van der Waals surface area contributed by atoms with E-state index in [1.807, 2.05) is 11.9 Å². The molecule has 4 aromatic carbocycles. The number of aromatic nitrogens is 1. The second kappa shape index (κ2) is 20.3. The van der Waals surface area contributed by atoms with Gasteiger partial charge >= 0.3 is 18.2 Å². The molecule has 0 unspecified atom stereocenters. The molecule has 3 heterocycles. The molecule has 14 nitrogen and oxygen atoms in total. The Hall–Kier alpha value is -8.21. The molecule has 5 aromatic rings. The number of halogens is 3. The molecule has 69 heavy (non-hydrogen) atoms. The number of hydrogen-bond donors (Lipinski definition) is 5. The molecular formula is C52H47F3N6O8. The average molecular weight is 941 g/mol. The van der Waals surface area contributed by atoms with Gasteiger partial charge < -0.3 is 35.5 Å². The zero-order chi connectivity index (χ0) is 48.8. The number of carbonyl (C=O) groups is 4. The minimum absolute atomic E-state index is 0.0738. The van der Waals surface area contributed by atoms with Crippen molar-refractivity contribution < 1.29 is 47.0 Å². The predicted octanol–water partition coefficient (Wildman–Crippen LogP) is 9.92. The highest BCUT2D eigenvalue weighted by Crippen LogP contribution is 2.42. The van der Waals surface area contributed by atoms with Crippen LogP contribution in [0.5, 0.6) is 5.75 Å². The molecule has 0 fully saturated rings. The minimum atomic E-state index is -4.52. The zero-order valence-corrected chi connectivity index (χ0v) is 37.4. The number of phenols is 1. The Kier molecular flexibility index (Phi) is 13.9. The molecule has 0 saturated heterocycles. The van der Waals surface area contributed by atoms with Crippen LogP contribution in [-0.4, -0.2) is 65.7 Å². The second-order valence-corrected chi connectivity index (χ2v) is 16.7. The number of carboxylic acid groups (broad SMARTS) is 1. The maximum Gasteiger partial charge on any atom is 0.416 e. The van der Waals surface area contributed by atoms with Crippen molar-refractivity contribution in [3.8, 4) is 39.5 Å². The summed E-state index contributed by atoms with van der Waals surface area (Å²) in [6.07, 6.45) is -0.990. The quantitative estimate of drug-likeness (QED) is 0.0549. The van der Waals surface area contributed by atoms with Gasteiger partial charge in [-0.3, -0.25) is 19.3 Å². The molecule has 4 amide bonds. The SMILES string of the molecule is CN1CCCCN(C(=O)Nc2ccc(CNC(=O)CCCCCNC(=O)c3ccc(-c4c5ccc(=O)cc-5oc5cc(O)ccc45)c(C(=O)O)c3)cc2)c2nc(-c3cccc(C(F)(F)F)c3)ccc21. The molecule has 0 bridgehead atoms. The van der Waals surface area contributed by atoms with Gasteiger partial charge in [-0.2, -0.15) is 13.2 Å². The van der Waals surface area contributed by atoms with Crippen LogP contribution in [0.2, 0.25) is 0 Å². The first kappa shape index (κ1) is 47.3. The highest BCUT2D eigenvalue weighted by Gasteiger charge is 2.31. The summed E-state index contributed by atoms with van der Waals surface area (Å²) in [5, 5.41) is 29.5. The van der Waals surface area contributed by atoms with Crippen molar-refractivity contribution in [1.82, 2.24) is 15.6 Å². The summed E-state index contributed by atoms with van der Waals surface area (Å²) in [7, 11) is 1.88. The van der Waals surface area contributed by atoms with E-state index in [1.165, 1.54) is 53.4 Å². The third kappa shape index (κ3) is 11.0. The Balaban J connectivity index is 0.809. The molecule has 0 atom stereocenters. The number of anilines is 3. The van der Waals surface area contributed by atoms with E-state index in [2.05, 4.69) is 16.0 Å². The number of alkyl halides is 3. The van der Waals surface area contributed by atoms with E-state index in [0.717, 1.165) is 30.7 Å². The van der Waals surface area contributed by atoms with Gasteiger partial charge in [-0.25, -0.2) is 14.6 Å². The molecule has 5 N–H and O–H groups in total. The van der Waals surface area contributed by atoms with Gasteiger partial charge in [0.25, 0.3) is 5.91 Å². The molecule has 3 aliphatic rings. The highest BCUT2D eigenvalue weighted by molar-refractivity contribution is 6.09. The molecule has 354 valence electrons. The Morgan fingerprint density at radius 2 is 1.59 bits per heavy atom. The highest BCUT2D eigenvalue weighted by atomic mass is 19.4. The van der Waals surface area contributed by atoms with Gasteiger partial charge in [0, 0.05) is 85.1 Å². The summed E-state index contributed by atoms with van der Waals surface area (Å²) < 4.78 is 46.4. The Labute approximate surface area is 393 Å². The molecule has 8 rings (SSSR count). The monoisotopic (exact) mass is 940 g/mol. The first-order valence-corrected chi connectivity index (χ1v) is 22.3. The fraction of sp³-hybridized carbons (Fsp3) is 0.231. The lowest BCUT2D eigenvalue weighted by molar-refractivity contribution is -0.137. The lowest BCUT2D eigenvalue weighted by atomic mass is 9.90. The van der Waals surface area contributed by atoms with Crippen molar-refractivity contribution in [2.45, 2.75) is 51.2 Å². The number of hydrogen-bond acceptors (Lipinski definition) is 9. The normalized spacial score (nSPS) is 12.8. The van der Waals surface area contributed by atoms with Gasteiger partial charge in [-0.15, -0.1) is 0 Å². The third-order valence-electron chi connectivity index (χ3n) is 11.9. The van der Waals surface area contributed by atoms with Gasteiger partial charge in [0.1, 0.15) is 17.1 Å². The number of nitrogens with zero attached hydrogens (tertiary/aromatic N) is 3. The van der Waals surface area contributed by atoms with E-state index in [4.69, 9.17) is 9.40 Å². The maximum absolute atomic E-state index is 13.8. The Bertz CT molecular complexity index is 3100. The number of aromatic carboxylic acids is 1. The van der Waals surface area contributed by atoms with Crippen LogP contribution in [0.4, 0.5) is 35.2 Å². The molecule has 1 aliphatic carbocycles. The molecule has 0 spiro atoms. The summed E-state index contributed by atoms with van der Waals surface area (Å²) in [4.78, 5) is 72.5. The number of carboxylic acids is 1. The molecule has 1 aromatic heterocycles. The van der Waals surface area contributed by atoms with E-state index in [0.29, 0.717) is 83.7 Å². The number of carbonyl (C=O) groups excluding carboxylic acids is 3. The van der Waals surface area contributed by atoms with Crippen LogP contribution < -0.4 is 31.2 Å². The second-order valence-electron chi connectivity index (χ2n) is 16.7. The van der Waals surface area contributed by atoms with Crippen LogP contribution in [0.25, 0.3) is 44.7 Å². The number of aromatic hydroxyl groups is 1. The van der Waals surface area contributed by atoms with Crippen LogP contribution in [0, 0.1) is 0 Å². The minimum Gasteiger partial charge on any atom is -0.508 e. The molecule has 17 heteroatoms. The molecule has 0 radical (unpaired) electrons. The lowest BCUT2D eigenvalue weighted by Gasteiger charge is -2.31. The maximum atomic E-state index is 13.8. The number of rotatable bonds is 13. The molecule has 2 aliphatic heterocycles. The van der Waals surface area contributed by atoms with Gasteiger partial charge in [0.15, 0.2) is 11.2 Å². The van der Waals surface area contributed by atoms with Crippen molar-refractivity contribution >= 4 is 52.0 Å². The van der Waals surface area contributed by atoms with Gasteiger partial charge in [0.05, 0.1) is 22.5 Å². The first-order valence-electron chi connectivity index (χ1n) is 22.3. The van der Waals surface area contributed by atoms with E-state index in [1.54, 1.807) is 54.6 Å². The molecule has 0 saturated carbocycles. The number of benzene rings is 5. The average Bonchev–Trinajstić information content (AvgIpc) is 3.32. The number of nitrogens with one attached hydrogen (secondary N) is 3. The number of fused-ring (bicyclic) bond motifs is 3. The summed E-state index contributed by atoms with van der Waals surface area (Å²) in [5.41, 5.74) is 2.95. The third-order valence-corrected chi connectivity index (χ3v) is 11.9. The van der Waals surface area contributed by atoms with Crippen molar-refractivity contribution in [2.75, 3.05) is 41.8 Å². The standard InChI is InChI=1S/C52H47F3N6O8/c1-60-24-5-6-25-61(48-43(60)22-21-42(59-48)32-8-7-9-34(26-32)52(53,54)55)51(68)58-35-14-11-31(12-15-35)30-57-46(64)10-3-2-4-23-56-49(65)33-13-18-38(41(27-33)50(66)67)47-39-19-16-36(62)28-44(39)69-45-29-37(63)17-20-40(45)47/h7-9,11-22,26-29,62H,2-6,10,23-25,30H2,1H3,(H,56,65)(H,57,64)(H,58,68)(H,66,67). The van der Waals surface area contributed by atoms with Crippen molar-refractivity contribution in [2.24, 2.45) is 0 Å². The van der Waals surface area contributed by atoms with Gasteiger partial charge in [-0.05, 0) is 110 Å². The van der Waals surface area contributed by atoms with Crippen LogP contribution in [0.15, 0.2) is 124 Å². The van der Waals surface area contributed by atoms with Crippen LogP contribution in [0.1, 0.15) is 70.4 Å². The number of unbranched alkanes of at least 4 members (excludes halogenated alkanes) is 2. The summed E-state index contributed by atoms with van der Waals surface area (Å²) in [6.45, 7) is 1.61. The van der Waals surface area contributed by atoms with E-state index in [-0.39, 0.29) is 58.1 Å². The Morgan fingerprint density at radius 3 is 2.38 bits per heavy atom. The topological polar surface area (TPSA) is 194 Å². The fourth-order valence-electron chi connectivity index (χ4n) is 8.30. The number of pyridine rings is 1. The summed E-state index contributed by atoms with van der Waals surface area (Å²) >= 11 is 0. The lowest BCUT2D eigenvalue weighted by Crippen LogP contribution is -2.39. The van der Waals surface area contributed by atoms with Crippen LogP contribution in [0.3, 0.4) is 0 Å². The molecular weight excluding hydrogens is 894 g/mol. The number of phenolic OH excluding ortho intramolecular Hbond substituents is 1. The predicted molar refractivity (Wildman–Crippen MR) is 256 cm³/mol. The van der Waals surface area contributed by atoms with Gasteiger partial charge in [-0.1, -0.05) is 36.8 Å². The fourth-order valence-corrected chi connectivity index (χ4v) is 8.30. The largest absolute Gasteiger partial charge is 0.508 e. The van der Waals surface area contributed by atoms with Crippen molar-refractivity contribution in [3.63, 3.8) is 0 Å². The van der Waals surface area contributed by atoms with E-state index >= 15 is 0 Å². The summed E-state index contributed by atoms with van der Waals surface area (Å²) in [6, 6.07) is 27.9. The Morgan fingerprint density at radius 1 is 0.812 bits per heavy atom. The van der Waals surface area contributed by atoms with E-state index in [9.17, 15) is 47.4 Å². The summed E-state index contributed by atoms with van der Waals surface area (Å²) in [5.74, 6) is -1.42. The number of urea groups is 1. The zero-order valence-electron chi connectivity index (χ0n) is 37.4.